The van der Waals surface area contributed by atoms with Gasteiger partial charge in [0.1, 0.15) is 0 Å². The van der Waals surface area contributed by atoms with Crippen molar-refractivity contribution in [2.24, 2.45) is 0 Å². The molecule has 3 rings (SSSR count). The molecule has 0 radical (unpaired) electrons. The molecule has 10 heteroatoms. The van der Waals surface area contributed by atoms with Crippen LogP contribution in [0.4, 0.5) is 0 Å². The van der Waals surface area contributed by atoms with E-state index in [4.69, 9.17) is 5.11 Å². The second kappa shape index (κ2) is 31.2. The number of aromatic nitrogens is 1. The molecule has 1 heterocycles. The van der Waals surface area contributed by atoms with Gasteiger partial charge in [-0.25, -0.2) is 4.98 Å². The van der Waals surface area contributed by atoms with Crippen LogP contribution in [0, 0.1) is 0 Å². The average Bonchev–Trinajstić information content (AvgIpc) is 3.34. The molecule has 0 saturated heterocycles. The zero-order valence-electron chi connectivity index (χ0n) is 25.5. The maximum Gasteiger partial charge on any atom is 2.00 e. The zero-order chi connectivity index (χ0) is 26.4. The third-order valence-electron chi connectivity index (χ3n) is 7.19. The molecule has 6 nitrogen and oxygen atoms in total. The summed E-state index contributed by atoms with van der Waals surface area (Å²) in [6, 6.07) is 9.02. The SMILES string of the molecule is CCCCCCCCCCCCCCCCCC(=O)O.O.S.[O-2].[Zn+2].c1ccc2sc(SNC3CCCCC3)nc2c1. The van der Waals surface area contributed by atoms with Crippen molar-refractivity contribution in [3.05, 3.63) is 24.3 Å². The first-order chi connectivity index (χ1) is 18.2. The van der Waals surface area contributed by atoms with Crippen molar-refractivity contribution in [3.63, 3.8) is 0 Å². The van der Waals surface area contributed by atoms with E-state index in [1.54, 1.807) is 23.3 Å². The molecule has 234 valence electrons. The Morgan fingerprint density at radius 1 is 0.878 bits per heavy atom. The molecule has 0 spiro atoms. The summed E-state index contributed by atoms with van der Waals surface area (Å²) in [6.45, 7) is 2.27. The van der Waals surface area contributed by atoms with Gasteiger partial charge in [0.2, 0.25) is 0 Å². The van der Waals surface area contributed by atoms with Gasteiger partial charge in [-0.3, -0.25) is 9.52 Å². The predicted molar refractivity (Wildman–Crippen MR) is 177 cm³/mol. The van der Waals surface area contributed by atoms with Gasteiger partial charge in [-0.15, -0.1) is 11.3 Å². The molecule has 4 N–H and O–H groups in total. The number of nitrogens with zero attached hydrogens (tertiary/aromatic N) is 1. The molecule has 1 aromatic heterocycles. The minimum atomic E-state index is -0.653. The Bertz CT molecular complexity index is 806. The third kappa shape index (κ3) is 23.9. The van der Waals surface area contributed by atoms with Crippen molar-refractivity contribution < 1.29 is 40.3 Å². The molecule has 1 aromatic carbocycles. The Hall–Kier alpha value is -0.217. The van der Waals surface area contributed by atoms with Crippen LogP contribution in [0.3, 0.4) is 0 Å². The first-order valence-corrected chi connectivity index (χ1v) is 16.8. The van der Waals surface area contributed by atoms with Gasteiger partial charge in [-0.05, 0) is 43.3 Å². The molecule has 1 saturated carbocycles. The minimum absolute atomic E-state index is 0. The van der Waals surface area contributed by atoms with E-state index in [9.17, 15) is 4.79 Å². The second-order valence-electron chi connectivity index (χ2n) is 10.6. The third-order valence-corrected chi connectivity index (χ3v) is 9.23. The average molecular weight is 682 g/mol. The molecule has 0 unspecified atom stereocenters. The van der Waals surface area contributed by atoms with Gasteiger partial charge in [-0.1, -0.05) is 128 Å². The molecule has 2 aromatic rings. The fourth-order valence-corrected chi connectivity index (χ4v) is 6.82. The standard InChI is InChI=1S/C18H36O2.C13H16N2S2.H2O.O.H2S.Zn/c1-2-3-4-5-6-7-8-9-10-11-12-13-14-15-16-17-18(19)20;1-2-6-10(7-3-1)15-17-13-14-11-8-4-5-9-12(11)16-13;;;;/h2-17H2,1H3,(H,19,20);4-5,8-10,15H,1-3,6-7H2;1H2;;1H2;/q;;;-2;;+2. The normalized spacial score (nSPS) is 12.6. The fourth-order valence-electron chi connectivity index (χ4n) is 4.90. The topological polar surface area (TPSA) is 122 Å². The molecule has 1 aliphatic carbocycles. The number of para-hydroxylation sites is 1. The molecule has 1 fully saturated rings. The maximum absolute atomic E-state index is 10.3. The van der Waals surface area contributed by atoms with E-state index >= 15 is 0 Å². The van der Waals surface area contributed by atoms with Crippen LogP contribution in [-0.4, -0.2) is 27.6 Å². The number of rotatable bonds is 19. The van der Waals surface area contributed by atoms with E-state index in [1.165, 1.54) is 120 Å². The van der Waals surface area contributed by atoms with Crippen molar-refractivity contribution in [2.45, 2.75) is 152 Å². The van der Waals surface area contributed by atoms with Gasteiger partial charge in [0.15, 0.2) is 4.34 Å². The summed E-state index contributed by atoms with van der Waals surface area (Å²) in [6.07, 6.45) is 27.0. The maximum atomic E-state index is 10.3. The van der Waals surface area contributed by atoms with Gasteiger partial charge >= 0.3 is 25.4 Å². The number of carboxylic acids is 1. The van der Waals surface area contributed by atoms with Gasteiger partial charge in [0.25, 0.3) is 0 Å². The van der Waals surface area contributed by atoms with Crippen LogP contribution in [0.5, 0.6) is 0 Å². The number of thiazole rings is 1. The van der Waals surface area contributed by atoms with Crippen molar-refractivity contribution in [3.8, 4) is 0 Å². The summed E-state index contributed by atoms with van der Waals surface area (Å²) in [5.74, 6) is -0.653. The van der Waals surface area contributed by atoms with Crippen molar-refractivity contribution >= 4 is 53.0 Å². The van der Waals surface area contributed by atoms with Crippen LogP contribution >= 0.6 is 36.8 Å². The number of fused-ring (bicyclic) bond motifs is 1. The first-order valence-electron chi connectivity index (χ1n) is 15.2. The minimum Gasteiger partial charge on any atom is -2.00 e. The first kappa shape index (κ1) is 45.2. The van der Waals surface area contributed by atoms with E-state index in [0.717, 1.165) is 22.7 Å². The van der Waals surface area contributed by atoms with Gasteiger partial charge in [0.05, 0.1) is 10.2 Å². The smallest absolute Gasteiger partial charge is 2.00 e. The molecule has 0 amide bonds. The Kier molecular flexibility index (Phi) is 34.4. The number of nitrogens with one attached hydrogen (secondary N) is 1. The number of hydrogen-bond donors (Lipinski definition) is 2. The van der Waals surface area contributed by atoms with Crippen LogP contribution in [-0.2, 0) is 29.7 Å². The Labute approximate surface area is 278 Å². The summed E-state index contributed by atoms with van der Waals surface area (Å²) >= 11 is 3.49. The summed E-state index contributed by atoms with van der Waals surface area (Å²) in [7, 11) is 0. The van der Waals surface area contributed by atoms with Gasteiger partial charge in [0, 0.05) is 12.5 Å². The number of carboxylic acid groups (broad SMARTS) is 1. The number of aliphatic carboxylic acids is 1. The number of unbranched alkanes of at least 4 members (excludes halogenated alkanes) is 14. The van der Waals surface area contributed by atoms with Crippen molar-refractivity contribution in [1.29, 1.82) is 0 Å². The predicted octanol–water partition coefficient (Wildman–Crippen LogP) is 9.72. The Balaban J connectivity index is -0.000000645. The number of benzene rings is 1. The van der Waals surface area contributed by atoms with E-state index in [1.807, 2.05) is 6.07 Å². The largest absolute Gasteiger partial charge is 2.00 e. The molecular formula is C31H56N2O4S3Zn. The second-order valence-corrected chi connectivity index (χ2v) is 12.7. The quantitative estimate of drug-likeness (QED) is 0.0868. The Morgan fingerprint density at radius 2 is 1.37 bits per heavy atom. The number of carbonyl (C=O) groups is 1. The summed E-state index contributed by atoms with van der Waals surface area (Å²) in [4.78, 5) is 14.9. The van der Waals surface area contributed by atoms with E-state index < -0.39 is 5.97 Å². The summed E-state index contributed by atoms with van der Waals surface area (Å²) in [5.41, 5.74) is 1.12. The molecule has 0 bridgehead atoms. The summed E-state index contributed by atoms with van der Waals surface area (Å²) < 4.78 is 5.98. The Morgan fingerprint density at radius 3 is 1.85 bits per heavy atom. The molecular weight excluding hydrogens is 626 g/mol. The van der Waals surface area contributed by atoms with Gasteiger partial charge in [-0.2, -0.15) is 13.5 Å². The summed E-state index contributed by atoms with van der Waals surface area (Å²) in [5, 5.41) is 8.52. The molecule has 0 aliphatic heterocycles. The van der Waals surface area contributed by atoms with Gasteiger partial charge < -0.3 is 16.1 Å². The molecule has 41 heavy (non-hydrogen) atoms. The fraction of sp³-hybridized carbons (Fsp3) is 0.742. The van der Waals surface area contributed by atoms with E-state index in [-0.39, 0.29) is 43.9 Å². The van der Waals surface area contributed by atoms with E-state index in [0.29, 0.717) is 12.5 Å². The van der Waals surface area contributed by atoms with Crippen molar-refractivity contribution in [1.82, 2.24) is 9.71 Å². The number of hydrogen-bond acceptors (Lipinski definition) is 5. The monoisotopic (exact) mass is 680 g/mol. The van der Waals surface area contributed by atoms with Crippen LogP contribution in [0.25, 0.3) is 10.2 Å². The van der Waals surface area contributed by atoms with Crippen LogP contribution < -0.4 is 4.72 Å². The van der Waals surface area contributed by atoms with Crippen LogP contribution in [0.1, 0.15) is 142 Å². The molecule has 1 aliphatic rings. The van der Waals surface area contributed by atoms with Crippen LogP contribution in [0.2, 0.25) is 0 Å². The van der Waals surface area contributed by atoms with E-state index in [2.05, 4.69) is 34.8 Å². The zero-order valence-corrected chi connectivity index (χ0v) is 31.1. The molecule has 0 atom stereocenters. The van der Waals surface area contributed by atoms with Crippen LogP contribution in [0.15, 0.2) is 28.6 Å². The van der Waals surface area contributed by atoms with Crippen molar-refractivity contribution in [2.75, 3.05) is 0 Å².